The van der Waals surface area contributed by atoms with Crippen molar-refractivity contribution < 1.29 is 10.0 Å². The predicted molar refractivity (Wildman–Crippen MR) is 82.7 cm³/mol. The number of oxime groups is 1. The second-order valence-electron chi connectivity index (χ2n) is 5.77. The third kappa shape index (κ3) is 4.56. The average molecular weight is 289 g/mol. The van der Waals surface area contributed by atoms with Crippen molar-refractivity contribution in [1.82, 2.24) is 10.2 Å². The first kappa shape index (κ1) is 15.5. The number of nitrogens with one attached hydrogen (secondary N) is 1. The van der Waals surface area contributed by atoms with E-state index >= 15 is 0 Å². The Balaban J connectivity index is 1.96. The van der Waals surface area contributed by atoms with E-state index in [2.05, 4.69) is 40.5 Å². The van der Waals surface area contributed by atoms with Crippen LogP contribution < -0.4 is 5.32 Å². The fraction of sp³-hybridized carbons (Fsp3) is 0.500. The van der Waals surface area contributed by atoms with Gasteiger partial charge in [0.1, 0.15) is 6.21 Å². The van der Waals surface area contributed by atoms with Crippen LogP contribution in [0.5, 0.6) is 0 Å². The fourth-order valence-corrected chi connectivity index (χ4v) is 2.88. The largest absolute Gasteiger partial charge is 0.411 e. The van der Waals surface area contributed by atoms with Crippen LogP contribution >= 0.6 is 0 Å². The molecule has 0 unspecified atom stereocenters. The number of fused-ring (bicyclic) bond motifs is 1. The molecule has 1 aromatic carbocycles. The molecule has 1 aliphatic rings. The molecular weight excluding hydrogens is 266 g/mol. The smallest absolute Gasteiger partial charge is 0.266 e. The molecule has 0 saturated carbocycles. The molecule has 2 N–H and O–H groups in total. The fourth-order valence-electron chi connectivity index (χ4n) is 2.88. The van der Waals surface area contributed by atoms with E-state index in [-0.39, 0.29) is 11.9 Å². The Morgan fingerprint density at radius 3 is 3.10 bits per heavy atom. The number of amides is 1. The zero-order valence-electron chi connectivity index (χ0n) is 12.7. The van der Waals surface area contributed by atoms with Crippen LogP contribution in [0.15, 0.2) is 23.4 Å². The maximum atomic E-state index is 11.4. The van der Waals surface area contributed by atoms with Crippen molar-refractivity contribution in [1.29, 1.82) is 0 Å². The van der Waals surface area contributed by atoms with Crippen molar-refractivity contribution >= 4 is 12.1 Å². The second kappa shape index (κ2) is 7.22. The first-order valence-corrected chi connectivity index (χ1v) is 7.37. The Bertz CT molecular complexity index is 528. The molecule has 2 rings (SSSR count). The highest BCUT2D eigenvalue weighted by Gasteiger charge is 2.17. The molecular formula is C16H23N3O2. The molecule has 5 heteroatoms. The lowest BCUT2D eigenvalue weighted by molar-refractivity contribution is -0.115. The van der Waals surface area contributed by atoms with Crippen LogP contribution in [0.3, 0.4) is 0 Å². The van der Waals surface area contributed by atoms with Crippen LogP contribution in [-0.4, -0.2) is 41.4 Å². The van der Waals surface area contributed by atoms with Gasteiger partial charge in [-0.2, -0.15) is 0 Å². The Labute approximate surface area is 125 Å². The van der Waals surface area contributed by atoms with E-state index in [0.29, 0.717) is 0 Å². The number of hydrogen-bond donors (Lipinski definition) is 2. The second-order valence-corrected chi connectivity index (χ2v) is 5.77. The zero-order valence-corrected chi connectivity index (χ0v) is 12.7. The number of rotatable bonds is 4. The van der Waals surface area contributed by atoms with Crippen LogP contribution in [0, 0.1) is 6.92 Å². The van der Waals surface area contributed by atoms with Gasteiger partial charge in [0.2, 0.25) is 0 Å². The number of benzene rings is 1. The van der Waals surface area contributed by atoms with Crippen molar-refractivity contribution in [2.45, 2.75) is 39.3 Å². The summed E-state index contributed by atoms with van der Waals surface area (Å²) in [6, 6.07) is 6.68. The normalized spacial score (nSPS) is 17.2. The first-order valence-electron chi connectivity index (χ1n) is 7.37. The van der Waals surface area contributed by atoms with Gasteiger partial charge in [-0.15, -0.1) is 0 Å². The molecule has 21 heavy (non-hydrogen) atoms. The van der Waals surface area contributed by atoms with Gasteiger partial charge in [0.05, 0.1) is 0 Å². The average Bonchev–Trinajstić information content (AvgIpc) is 2.59. The molecule has 1 amide bonds. The maximum Gasteiger partial charge on any atom is 0.266 e. The molecule has 1 heterocycles. The van der Waals surface area contributed by atoms with Gasteiger partial charge in [0, 0.05) is 19.1 Å². The number of hydrogen-bond acceptors (Lipinski definition) is 4. The highest BCUT2D eigenvalue weighted by atomic mass is 16.4. The van der Waals surface area contributed by atoms with E-state index in [4.69, 9.17) is 5.21 Å². The first-order chi connectivity index (χ1) is 10.1. The lowest BCUT2D eigenvalue weighted by Crippen LogP contribution is -2.42. The van der Waals surface area contributed by atoms with E-state index in [0.717, 1.165) is 38.7 Å². The Morgan fingerprint density at radius 2 is 2.33 bits per heavy atom. The van der Waals surface area contributed by atoms with E-state index in [1.807, 2.05) is 6.92 Å². The summed E-state index contributed by atoms with van der Waals surface area (Å²) in [6.45, 7) is 6.82. The molecule has 1 aromatic rings. The lowest BCUT2D eigenvalue weighted by atomic mass is 10.0. The van der Waals surface area contributed by atoms with Crippen molar-refractivity contribution in [3.63, 3.8) is 0 Å². The molecule has 0 saturated heterocycles. The minimum atomic E-state index is -0.365. The standard InChI is InChI=1S/C16H23N3O2/c1-12-5-6-14-4-3-7-19(11-15(14)8-12)10-13(2)18-16(20)9-17-21/h5-6,8-9,13,21H,3-4,7,10-11H2,1-2H3,(H,18,20)/b17-9-/t13-/m0/s1. The summed E-state index contributed by atoms with van der Waals surface area (Å²) in [7, 11) is 0. The lowest BCUT2D eigenvalue weighted by Gasteiger charge is -2.24. The highest BCUT2D eigenvalue weighted by molar-refractivity contribution is 6.26. The van der Waals surface area contributed by atoms with Crippen molar-refractivity contribution in [2.24, 2.45) is 5.16 Å². The Morgan fingerprint density at radius 1 is 1.52 bits per heavy atom. The molecule has 0 radical (unpaired) electrons. The quantitative estimate of drug-likeness (QED) is 0.504. The van der Waals surface area contributed by atoms with Crippen LogP contribution in [0.25, 0.3) is 0 Å². The van der Waals surface area contributed by atoms with Gasteiger partial charge in [-0.25, -0.2) is 0 Å². The van der Waals surface area contributed by atoms with Gasteiger partial charge in [-0.3, -0.25) is 9.69 Å². The Hall–Kier alpha value is -1.88. The summed E-state index contributed by atoms with van der Waals surface area (Å²) < 4.78 is 0. The van der Waals surface area contributed by atoms with E-state index in [9.17, 15) is 4.79 Å². The van der Waals surface area contributed by atoms with Crippen molar-refractivity contribution in [2.75, 3.05) is 13.1 Å². The summed E-state index contributed by atoms with van der Waals surface area (Å²) in [5.74, 6) is -0.365. The van der Waals surface area contributed by atoms with Gasteiger partial charge in [0.15, 0.2) is 0 Å². The summed E-state index contributed by atoms with van der Waals surface area (Å²) >= 11 is 0. The molecule has 1 aliphatic heterocycles. The molecule has 0 fully saturated rings. The summed E-state index contributed by atoms with van der Waals surface area (Å²) in [5.41, 5.74) is 4.12. The van der Waals surface area contributed by atoms with Gasteiger partial charge in [0.25, 0.3) is 5.91 Å². The summed E-state index contributed by atoms with van der Waals surface area (Å²) in [5, 5.41) is 13.9. The van der Waals surface area contributed by atoms with Crippen molar-refractivity contribution in [3.8, 4) is 0 Å². The monoisotopic (exact) mass is 289 g/mol. The van der Waals surface area contributed by atoms with Crippen LogP contribution in [0.4, 0.5) is 0 Å². The molecule has 0 spiro atoms. The topological polar surface area (TPSA) is 64.9 Å². The molecule has 0 aromatic heterocycles. The Kier molecular flexibility index (Phi) is 5.33. The van der Waals surface area contributed by atoms with Gasteiger partial charge in [-0.05, 0) is 44.4 Å². The third-order valence-corrected chi connectivity index (χ3v) is 3.77. The predicted octanol–water partition coefficient (Wildman–Crippen LogP) is 1.71. The van der Waals surface area contributed by atoms with E-state index < -0.39 is 0 Å². The highest BCUT2D eigenvalue weighted by Crippen LogP contribution is 2.20. The molecule has 5 nitrogen and oxygen atoms in total. The third-order valence-electron chi connectivity index (χ3n) is 3.77. The summed E-state index contributed by atoms with van der Waals surface area (Å²) in [6.07, 6.45) is 3.14. The van der Waals surface area contributed by atoms with E-state index in [1.54, 1.807) is 0 Å². The van der Waals surface area contributed by atoms with E-state index in [1.165, 1.54) is 16.7 Å². The number of carbonyl (C=O) groups is 1. The number of carbonyl (C=O) groups excluding carboxylic acids is 1. The molecule has 114 valence electrons. The minimum Gasteiger partial charge on any atom is -0.411 e. The van der Waals surface area contributed by atoms with Crippen LogP contribution in [-0.2, 0) is 17.8 Å². The number of nitrogens with zero attached hydrogens (tertiary/aromatic N) is 2. The molecule has 0 bridgehead atoms. The molecule has 0 aliphatic carbocycles. The van der Waals surface area contributed by atoms with Crippen molar-refractivity contribution in [3.05, 3.63) is 34.9 Å². The van der Waals surface area contributed by atoms with Gasteiger partial charge in [-0.1, -0.05) is 28.9 Å². The molecule has 1 atom stereocenters. The SMILES string of the molecule is Cc1ccc2c(c1)CN(C[C@H](C)NC(=O)/C=N\O)CCC2. The van der Waals surface area contributed by atoms with Crippen LogP contribution in [0.1, 0.15) is 30.0 Å². The van der Waals surface area contributed by atoms with Gasteiger partial charge < -0.3 is 10.5 Å². The summed E-state index contributed by atoms with van der Waals surface area (Å²) in [4.78, 5) is 13.7. The van der Waals surface area contributed by atoms with Crippen LogP contribution in [0.2, 0.25) is 0 Å². The maximum absolute atomic E-state index is 11.4. The van der Waals surface area contributed by atoms with Gasteiger partial charge >= 0.3 is 0 Å². The number of aryl methyl sites for hydroxylation is 2. The zero-order chi connectivity index (χ0) is 15.2. The minimum absolute atomic E-state index is 0.0156.